The van der Waals surface area contributed by atoms with E-state index in [0.29, 0.717) is 42.5 Å². The van der Waals surface area contributed by atoms with Crippen molar-refractivity contribution in [3.8, 4) is 0 Å². The van der Waals surface area contributed by atoms with Crippen LogP contribution in [0.3, 0.4) is 0 Å². The van der Waals surface area contributed by atoms with Crippen LogP contribution < -0.4 is 5.56 Å². The fourth-order valence-electron chi connectivity index (χ4n) is 4.46. The molecule has 0 fully saturated rings. The molecule has 5 rings (SSSR count). The Morgan fingerprint density at radius 3 is 2.85 bits per heavy atom. The lowest BCUT2D eigenvalue weighted by molar-refractivity contribution is 0.102. The Morgan fingerprint density at radius 1 is 1.12 bits per heavy atom. The highest BCUT2D eigenvalue weighted by atomic mass is 32.2. The lowest BCUT2D eigenvalue weighted by Gasteiger charge is -2.11. The molecule has 2 aromatic heterocycles. The second kappa shape index (κ2) is 9.49. The number of hydrogen-bond acceptors (Lipinski definition) is 6. The minimum Gasteiger partial charge on any atom is -0.382 e. The van der Waals surface area contributed by atoms with Gasteiger partial charge in [0, 0.05) is 25.3 Å². The summed E-state index contributed by atoms with van der Waals surface area (Å²) in [6.45, 7) is 3.66. The van der Waals surface area contributed by atoms with Crippen LogP contribution in [0.5, 0.6) is 0 Å². The summed E-state index contributed by atoms with van der Waals surface area (Å²) in [5.74, 6) is 0.820. The standard InChI is InChI=1S/C25H26N4O3S/c1-2-32-14-6-13-28-23(31)20-9-3-4-10-21(20)29-24(28)26-27-25(29)33-16-22(30)19-12-11-17-7-5-8-18(17)15-19/h3-4,9-12,15H,2,5-8,13-14,16H2,1H3. The van der Waals surface area contributed by atoms with E-state index < -0.39 is 0 Å². The number of para-hydroxylation sites is 1. The van der Waals surface area contributed by atoms with E-state index in [-0.39, 0.29) is 17.1 Å². The Labute approximate surface area is 195 Å². The van der Waals surface area contributed by atoms with Crippen molar-refractivity contribution in [2.45, 2.75) is 44.3 Å². The first-order valence-electron chi connectivity index (χ1n) is 11.4. The van der Waals surface area contributed by atoms with Gasteiger partial charge < -0.3 is 4.74 Å². The highest BCUT2D eigenvalue weighted by molar-refractivity contribution is 7.99. The van der Waals surface area contributed by atoms with Crippen molar-refractivity contribution >= 4 is 34.2 Å². The summed E-state index contributed by atoms with van der Waals surface area (Å²) in [6.07, 6.45) is 4.01. The molecule has 0 unspecified atom stereocenters. The van der Waals surface area contributed by atoms with Crippen molar-refractivity contribution in [1.82, 2.24) is 19.2 Å². The third kappa shape index (κ3) is 4.20. The smallest absolute Gasteiger partial charge is 0.262 e. The van der Waals surface area contributed by atoms with Gasteiger partial charge in [-0.2, -0.15) is 0 Å². The van der Waals surface area contributed by atoms with E-state index in [9.17, 15) is 9.59 Å². The molecule has 0 aliphatic heterocycles. The maximum Gasteiger partial charge on any atom is 0.262 e. The normalized spacial score (nSPS) is 13.1. The minimum absolute atomic E-state index is 0.0702. The first kappa shape index (κ1) is 21.9. The Kier molecular flexibility index (Phi) is 6.28. The van der Waals surface area contributed by atoms with Crippen LogP contribution in [0.1, 0.15) is 41.3 Å². The van der Waals surface area contributed by atoms with Crippen LogP contribution in [0.2, 0.25) is 0 Å². The van der Waals surface area contributed by atoms with Gasteiger partial charge in [0.2, 0.25) is 5.78 Å². The lowest BCUT2D eigenvalue weighted by Crippen LogP contribution is -2.24. The van der Waals surface area contributed by atoms with Gasteiger partial charge in [-0.25, -0.2) is 0 Å². The van der Waals surface area contributed by atoms with Crippen molar-refractivity contribution < 1.29 is 9.53 Å². The molecule has 7 nitrogen and oxygen atoms in total. The first-order valence-corrected chi connectivity index (χ1v) is 12.4. The zero-order chi connectivity index (χ0) is 22.8. The predicted octanol–water partition coefficient (Wildman–Crippen LogP) is 3.93. The van der Waals surface area contributed by atoms with Gasteiger partial charge in [-0.05, 0) is 61.9 Å². The van der Waals surface area contributed by atoms with Crippen molar-refractivity contribution in [2.24, 2.45) is 0 Å². The van der Waals surface area contributed by atoms with E-state index in [0.717, 1.165) is 30.3 Å². The van der Waals surface area contributed by atoms with Gasteiger partial charge in [0.05, 0.1) is 16.7 Å². The molecule has 0 spiro atoms. The lowest BCUT2D eigenvalue weighted by atomic mass is 10.0. The Morgan fingerprint density at radius 2 is 1.97 bits per heavy atom. The van der Waals surface area contributed by atoms with E-state index in [1.54, 1.807) is 4.57 Å². The monoisotopic (exact) mass is 462 g/mol. The van der Waals surface area contributed by atoms with Gasteiger partial charge in [-0.15, -0.1) is 10.2 Å². The summed E-state index contributed by atoms with van der Waals surface area (Å²) in [6, 6.07) is 13.5. The van der Waals surface area contributed by atoms with Gasteiger partial charge >= 0.3 is 0 Å². The number of benzene rings is 2. The number of carbonyl (C=O) groups excluding carboxylic acids is 1. The maximum absolute atomic E-state index is 13.1. The molecule has 170 valence electrons. The molecule has 0 saturated heterocycles. The zero-order valence-corrected chi connectivity index (χ0v) is 19.4. The van der Waals surface area contributed by atoms with Crippen molar-refractivity contribution in [2.75, 3.05) is 19.0 Å². The van der Waals surface area contributed by atoms with Gasteiger partial charge in [-0.3, -0.25) is 18.6 Å². The summed E-state index contributed by atoms with van der Waals surface area (Å²) in [7, 11) is 0. The Bertz CT molecular complexity index is 1390. The summed E-state index contributed by atoms with van der Waals surface area (Å²) in [5, 5.41) is 9.89. The number of Topliss-reactive ketones (excluding diaryl/α,β-unsaturated/α-hetero) is 1. The van der Waals surface area contributed by atoms with Crippen LogP contribution in [0, 0.1) is 0 Å². The van der Waals surface area contributed by atoms with E-state index >= 15 is 0 Å². The summed E-state index contributed by atoms with van der Waals surface area (Å²) in [4.78, 5) is 26.1. The van der Waals surface area contributed by atoms with Crippen LogP contribution in [0.25, 0.3) is 16.7 Å². The van der Waals surface area contributed by atoms with Gasteiger partial charge in [-0.1, -0.05) is 36.0 Å². The summed E-state index contributed by atoms with van der Waals surface area (Å²) in [5.41, 5.74) is 4.05. The van der Waals surface area contributed by atoms with E-state index in [4.69, 9.17) is 4.74 Å². The molecule has 1 aliphatic rings. The second-order valence-electron chi connectivity index (χ2n) is 8.19. The number of ether oxygens (including phenoxy) is 1. The molecule has 2 heterocycles. The molecule has 0 saturated carbocycles. The van der Waals surface area contributed by atoms with Crippen molar-refractivity contribution in [3.05, 3.63) is 69.5 Å². The second-order valence-corrected chi connectivity index (χ2v) is 9.13. The fraction of sp³-hybridized carbons (Fsp3) is 0.360. The average molecular weight is 463 g/mol. The number of aryl methyl sites for hydroxylation is 3. The quantitative estimate of drug-likeness (QED) is 0.213. The molecule has 4 aromatic rings. The van der Waals surface area contributed by atoms with Crippen LogP contribution >= 0.6 is 11.8 Å². The topological polar surface area (TPSA) is 78.5 Å². The molecule has 0 radical (unpaired) electrons. The first-order chi connectivity index (χ1) is 16.2. The largest absolute Gasteiger partial charge is 0.382 e. The number of nitrogens with zero attached hydrogens (tertiary/aromatic N) is 4. The molecule has 8 heteroatoms. The van der Waals surface area contributed by atoms with Crippen molar-refractivity contribution in [1.29, 1.82) is 0 Å². The van der Waals surface area contributed by atoms with Gasteiger partial charge in [0.15, 0.2) is 10.9 Å². The molecule has 0 N–H and O–H groups in total. The molecule has 2 aromatic carbocycles. The molecule has 0 amide bonds. The average Bonchev–Trinajstić information content (AvgIpc) is 3.48. The molecule has 0 atom stereocenters. The van der Waals surface area contributed by atoms with Gasteiger partial charge in [0.1, 0.15) is 0 Å². The van der Waals surface area contributed by atoms with E-state index in [2.05, 4.69) is 16.3 Å². The maximum atomic E-state index is 13.1. The number of hydrogen-bond donors (Lipinski definition) is 0. The molecule has 0 bridgehead atoms. The predicted molar refractivity (Wildman–Crippen MR) is 129 cm³/mol. The Hall–Kier alpha value is -2.97. The fourth-order valence-corrected chi connectivity index (χ4v) is 5.29. The van der Waals surface area contributed by atoms with Gasteiger partial charge in [0.25, 0.3) is 5.56 Å². The van der Waals surface area contributed by atoms with E-state index in [1.807, 2.05) is 47.7 Å². The number of ketones is 1. The molecular weight excluding hydrogens is 436 g/mol. The molecule has 1 aliphatic carbocycles. The third-order valence-electron chi connectivity index (χ3n) is 6.11. The van der Waals surface area contributed by atoms with Crippen LogP contribution in [0.15, 0.2) is 52.4 Å². The van der Waals surface area contributed by atoms with Crippen LogP contribution in [-0.4, -0.2) is 43.9 Å². The van der Waals surface area contributed by atoms with E-state index in [1.165, 1.54) is 22.9 Å². The number of rotatable bonds is 9. The molecular formula is C25H26N4O3S. The summed E-state index contributed by atoms with van der Waals surface area (Å²) >= 11 is 1.35. The molecule has 33 heavy (non-hydrogen) atoms. The van der Waals surface area contributed by atoms with Crippen LogP contribution in [-0.2, 0) is 24.1 Å². The van der Waals surface area contributed by atoms with Crippen LogP contribution in [0.4, 0.5) is 0 Å². The minimum atomic E-state index is -0.0900. The number of thioether (sulfide) groups is 1. The number of carbonyl (C=O) groups is 1. The Balaban J connectivity index is 1.45. The SMILES string of the molecule is CCOCCCn1c(=O)c2ccccc2n2c(SCC(=O)c3ccc4c(c3)CCC4)nnc12. The third-order valence-corrected chi connectivity index (χ3v) is 7.03. The number of fused-ring (bicyclic) bond motifs is 4. The zero-order valence-electron chi connectivity index (χ0n) is 18.6. The highest BCUT2D eigenvalue weighted by Gasteiger charge is 2.19. The highest BCUT2D eigenvalue weighted by Crippen LogP contribution is 2.25. The van der Waals surface area contributed by atoms with Crippen molar-refractivity contribution in [3.63, 3.8) is 0 Å². The summed E-state index contributed by atoms with van der Waals surface area (Å²) < 4.78 is 8.98. The number of aromatic nitrogens is 4.